The van der Waals surface area contributed by atoms with Crippen molar-refractivity contribution in [1.82, 2.24) is 5.32 Å². The third kappa shape index (κ3) is 8.30. The number of carbonyl (C=O) groups is 2. The van der Waals surface area contributed by atoms with Gasteiger partial charge in [0.15, 0.2) is 31.3 Å². The summed E-state index contributed by atoms with van der Waals surface area (Å²) in [6, 6.07) is -1.63. The van der Waals surface area contributed by atoms with Gasteiger partial charge in [0.25, 0.3) is 0 Å². The summed E-state index contributed by atoms with van der Waals surface area (Å²) >= 11 is 0. The molecule has 0 aromatic rings. The Morgan fingerprint density at radius 2 is 1.06 bits per heavy atom. The summed E-state index contributed by atoms with van der Waals surface area (Å²) in [5, 5.41) is 136. The van der Waals surface area contributed by atoms with Crippen LogP contribution in [0.2, 0.25) is 0 Å². The van der Waals surface area contributed by atoms with Gasteiger partial charge in [-0.05, 0) is 0 Å². The molecule has 0 aromatic heterocycles. The van der Waals surface area contributed by atoms with Crippen LogP contribution in [0.3, 0.4) is 0 Å². The number of carboxylic acids is 1. The van der Waals surface area contributed by atoms with E-state index >= 15 is 0 Å². The van der Waals surface area contributed by atoms with Crippen LogP contribution in [0.4, 0.5) is 0 Å². The van der Waals surface area contributed by atoms with Crippen molar-refractivity contribution in [3.63, 3.8) is 0 Å². The van der Waals surface area contributed by atoms with Crippen LogP contribution in [0.1, 0.15) is 6.92 Å². The summed E-state index contributed by atoms with van der Waals surface area (Å²) in [5.74, 6) is -2.54. The lowest BCUT2D eigenvalue weighted by Crippen LogP contribution is -2.70. The first kappa shape index (κ1) is 40.0. The summed E-state index contributed by atoms with van der Waals surface area (Å²) in [7, 11) is 0. The lowest BCUT2D eigenvalue weighted by Gasteiger charge is -2.50. The standard InChI is InChI=1S/C26H43NO22/c1-5(31)27-9-19(10(32)6(2-28)44-24(9)46-18-8(4-30)43-23(42)15(37)14(18)36)47-26-17(39)20(11(33)7(3-29)45-26)48-25-16(38)12(34)13(35)21(49-25)22(40)41/h6-21,23-26,28-30,32-39,42H,2-4H2,1H3,(H,27,31)(H,40,41)/t6-,7-,8-,9+,10-,11+,12+,13+,14-,15-,16-,17-,18-,19-,20+,21+,23-,24+,25+,26-/m1/s1. The predicted octanol–water partition coefficient (Wildman–Crippen LogP) is -9.51. The number of ether oxygens (including phenoxy) is 7. The molecule has 4 saturated heterocycles. The van der Waals surface area contributed by atoms with Crippen molar-refractivity contribution in [2.45, 2.75) is 130 Å². The summed E-state index contributed by atoms with van der Waals surface area (Å²) in [4.78, 5) is 23.8. The minimum atomic E-state index is -2.15. The van der Waals surface area contributed by atoms with Gasteiger partial charge < -0.3 is 105 Å². The summed E-state index contributed by atoms with van der Waals surface area (Å²) in [6.45, 7) is -1.71. The third-order valence-electron chi connectivity index (χ3n) is 8.57. The highest BCUT2D eigenvalue weighted by Crippen LogP contribution is 2.34. The molecule has 0 bridgehead atoms. The Kier molecular flexibility index (Phi) is 13.6. The van der Waals surface area contributed by atoms with E-state index in [4.69, 9.17) is 33.2 Å². The number of carbonyl (C=O) groups excluding carboxylic acids is 1. The fourth-order valence-corrected chi connectivity index (χ4v) is 5.92. The Bertz CT molecular complexity index is 1100. The molecule has 20 atom stereocenters. The van der Waals surface area contributed by atoms with E-state index in [9.17, 15) is 76.0 Å². The molecule has 0 spiro atoms. The second kappa shape index (κ2) is 16.7. The topological polar surface area (TPSA) is 374 Å². The van der Waals surface area contributed by atoms with Gasteiger partial charge in [-0.25, -0.2) is 4.79 Å². The highest BCUT2D eigenvalue weighted by molar-refractivity contribution is 5.73. The lowest BCUT2D eigenvalue weighted by molar-refractivity contribution is -0.378. The number of hydrogen-bond donors (Lipinski definition) is 14. The monoisotopic (exact) mass is 721 g/mol. The number of rotatable bonds is 11. The SMILES string of the molecule is CC(=O)N[C@@H]1[C@H](O[C@H]2[C@H](O)[C@@H](O)[C@H](O)O[C@@H]2CO)O[C@H](CO)[C@@H](O)[C@@H]1O[C@H]1O[C@H](CO)[C@H](O)[C@H](O[C@H]2O[C@H](C(=O)O)[C@@H](O)[C@H](O)[C@H]2O)[C@H]1O. The van der Waals surface area contributed by atoms with Crippen molar-refractivity contribution in [2.24, 2.45) is 0 Å². The zero-order chi connectivity index (χ0) is 36.5. The van der Waals surface area contributed by atoms with E-state index in [2.05, 4.69) is 5.32 Å². The van der Waals surface area contributed by atoms with Crippen LogP contribution < -0.4 is 5.32 Å². The van der Waals surface area contributed by atoms with Crippen molar-refractivity contribution in [2.75, 3.05) is 19.8 Å². The predicted molar refractivity (Wildman–Crippen MR) is 146 cm³/mol. The minimum absolute atomic E-state index is 0.785. The van der Waals surface area contributed by atoms with Crippen LogP contribution in [-0.4, -0.2) is 221 Å². The number of nitrogens with one attached hydrogen (secondary N) is 1. The Morgan fingerprint density at radius 3 is 1.61 bits per heavy atom. The van der Waals surface area contributed by atoms with Crippen LogP contribution in [0.15, 0.2) is 0 Å². The van der Waals surface area contributed by atoms with E-state index in [0.29, 0.717) is 0 Å². The van der Waals surface area contributed by atoms with Crippen molar-refractivity contribution >= 4 is 11.9 Å². The van der Waals surface area contributed by atoms with Gasteiger partial charge in [-0.15, -0.1) is 0 Å². The van der Waals surface area contributed by atoms with E-state index in [1.807, 2.05) is 0 Å². The van der Waals surface area contributed by atoms with E-state index in [0.717, 1.165) is 6.92 Å². The smallest absolute Gasteiger partial charge is 0.335 e. The normalized spacial score (nSPS) is 49.3. The number of carboxylic acid groups (broad SMARTS) is 1. The van der Waals surface area contributed by atoms with E-state index in [1.165, 1.54) is 0 Å². The van der Waals surface area contributed by atoms with Crippen LogP contribution >= 0.6 is 0 Å². The van der Waals surface area contributed by atoms with Crippen molar-refractivity contribution in [3.05, 3.63) is 0 Å². The fourth-order valence-electron chi connectivity index (χ4n) is 5.92. The molecule has 4 fully saturated rings. The van der Waals surface area contributed by atoms with Gasteiger partial charge in [0, 0.05) is 6.92 Å². The molecule has 0 radical (unpaired) electrons. The maximum absolute atomic E-state index is 12.3. The van der Waals surface area contributed by atoms with Gasteiger partial charge >= 0.3 is 5.97 Å². The molecule has 284 valence electrons. The maximum atomic E-state index is 12.3. The highest BCUT2D eigenvalue weighted by atomic mass is 16.8. The first-order valence-electron chi connectivity index (χ1n) is 15.1. The average Bonchev–Trinajstić information content (AvgIpc) is 3.06. The Hall–Kier alpha value is -1.82. The molecule has 0 aromatic carbocycles. The van der Waals surface area contributed by atoms with Crippen LogP contribution in [0.5, 0.6) is 0 Å². The second-order valence-electron chi connectivity index (χ2n) is 11.9. The first-order chi connectivity index (χ1) is 23.1. The van der Waals surface area contributed by atoms with Gasteiger partial charge in [0.2, 0.25) is 5.91 Å². The number of aliphatic carboxylic acids is 1. The molecule has 14 N–H and O–H groups in total. The van der Waals surface area contributed by atoms with Crippen LogP contribution in [0.25, 0.3) is 0 Å². The molecule has 0 unspecified atom stereocenters. The van der Waals surface area contributed by atoms with Crippen molar-refractivity contribution < 1.29 is 109 Å². The van der Waals surface area contributed by atoms with Gasteiger partial charge in [0.05, 0.1) is 19.8 Å². The quantitative estimate of drug-likeness (QED) is 0.0941. The van der Waals surface area contributed by atoms with Crippen molar-refractivity contribution in [3.8, 4) is 0 Å². The molecule has 0 saturated carbocycles. The number of aliphatic hydroxyl groups is 12. The molecule has 23 heteroatoms. The lowest BCUT2D eigenvalue weighted by atomic mass is 9.94. The third-order valence-corrected chi connectivity index (χ3v) is 8.57. The van der Waals surface area contributed by atoms with Crippen LogP contribution in [0, 0.1) is 0 Å². The molecule has 4 rings (SSSR count). The molecule has 4 heterocycles. The molecular formula is C26H43NO22. The summed E-state index contributed by atoms with van der Waals surface area (Å²) < 4.78 is 38.2. The first-order valence-corrected chi connectivity index (χ1v) is 15.1. The Balaban J connectivity index is 1.62. The fraction of sp³-hybridized carbons (Fsp3) is 0.923. The Labute approximate surface area is 276 Å². The molecular weight excluding hydrogens is 678 g/mol. The molecule has 23 nitrogen and oxygen atoms in total. The van der Waals surface area contributed by atoms with Gasteiger partial charge in [-0.3, -0.25) is 4.79 Å². The molecule has 4 aliphatic heterocycles. The van der Waals surface area contributed by atoms with Gasteiger partial charge in [-0.2, -0.15) is 0 Å². The molecule has 1 amide bonds. The zero-order valence-corrected chi connectivity index (χ0v) is 25.7. The van der Waals surface area contributed by atoms with E-state index < -0.39 is 154 Å². The maximum Gasteiger partial charge on any atom is 0.335 e. The zero-order valence-electron chi connectivity index (χ0n) is 25.7. The van der Waals surface area contributed by atoms with Gasteiger partial charge in [0.1, 0.15) is 91.5 Å². The molecule has 49 heavy (non-hydrogen) atoms. The number of hydrogen-bond acceptors (Lipinski definition) is 21. The van der Waals surface area contributed by atoms with Crippen molar-refractivity contribution in [1.29, 1.82) is 0 Å². The Morgan fingerprint density at radius 1 is 0.551 bits per heavy atom. The largest absolute Gasteiger partial charge is 0.479 e. The van der Waals surface area contributed by atoms with E-state index in [1.54, 1.807) is 0 Å². The summed E-state index contributed by atoms with van der Waals surface area (Å²) in [5.41, 5.74) is 0. The molecule has 0 aliphatic carbocycles. The molecule has 4 aliphatic rings. The number of aliphatic hydroxyl groups excluding tert-OH is 12. The number of amides is 1. The average molecular weight is 722 g/mol. The van der Waals surface area contributed by atoms with Crippen LogP contribution in [-0.2, 0) is 42.7 Å². The highest BCUT2D eigenvalue weighted by Gasteiger charge is 2.56. The summed E-state index contributed by atoms with van der Waals surface area (Å²) in [6.07, 6.45) is -36.2. The minimum Gasteiger partial charge on any atom is -0.479 e. The van der Waals surface area contributed by atoms with Gasteiger partial charge in [-0.1, -0.05) is 0 Å². The second-order valence-corrected chi connectivity index (χ2v) is 11.9. The van der Waals surface area contributed by atoms with E-state index in [-0.39, 0.29) is 0 Å².